The first-order valence-electron chi connectivity index (χ1n) is 8.07. The zero-order valence-corrected chi connectivity index (χ0v) is 16.8. The van der Waals surface area contributed by atoms with Crippen LogP contribution < -0.4 is 16.0 Å². The first-order valence-corrected chi connectivity index (χ1v) is 8.07. The Morgan fingerprint density at radius 2 is 2.00 bits per heavy atom. The van der Waals surface area contributed by atoms with Gasteiger partial charge in [0.05, 0.1) is 19.6 Å². The van der Waals surface area contributed by atoms with Gasteiger partial charge in [-0.15, -0.1) is 24.0 Å². The zero-order chi connectivity index (χ0) is 16.5. The van der Waals surface area contributed by atoms with Gasteiger partial charge in [0, 0.05) is 12.6 Å². The van der Waals surface area contributed by atoms with Crippen LogP contribution in [0.3, 0.4) is 0 Å². The molecule has 0 aromatic carbocycles. The Bertz CT molecular complexity index is 399. The van der Waals surface area contributed by atoms with Gasteiger partial charge in [-0.3, -0.25) is 14.7 Å². The molecule has 1 saturated heterocycles. The Kier molecular flexibility index (Phi) is 10.9. The standard InChI is InChI=1S/C15H29N5O2.HI/c1-5-16-14(19-12(4)7-6-11(2)3)17-8-9-20-13(21)10-18-15(20)22;/h11-12H,5-10H2,1-4H3,(H,18,22)(H2,16,17,19);1H. The van der Waals surface area contributed by atoms with Gasteiger partial charge in [0.25, 0.3) is 0 Å². The van der Waals surface area contributed by atoms with Crippen LogP contribution in [0.5, 0.6) is 0 Å². The molecule has 1 aliphatic heterocycles. The van der Waals surface area contributed by atoms with Crippen LogP contribution in [-0.2, 0) is 4.79 Å². The summed E-state index contributed by atoms with van der Waals surface area (Å²) >= 11 is 0. The van der Waals surface area contributed by atoms with Crippen molar-refractivity contribution in [2.45, 2.75) is 46.6 Å². The smallest absolute Gasteiger partial charge is 0.324 e. The van der Waals surface area contributed by atoms with Gasteiger partial charge in [-0.25, -0.2) is 4.79 Å². The molecule has 1 rings (SSSR count). The fourth-order valence-corrected chi connectivity index (χ4v) is 2.15. The van der Waals surface area contributed by atoms with Gasteiger partial charge >= 0.3 is 6.03 Å². The molecule has 134 valence electrons. The molecule has 7 nitrogen and oxygen atoms in total. The molecule has 0 aliphatic carbocycles. The number of imide groups is 1. The Morgan fingerprint density at radius 1 is 1.30 bits per heavy atom. The van der Waals surface area contributed by atoms with Gasteiger partial charge < -0.3 is 16.0 Å². The number of nitrogens with zero attached hydrogens (tertiary/aromatic N) is 2. The van der Waals surface area contributed by atoms with E-state index >= 15 is 0 Å². The molecule has 3 N–H and O–H groups in total. The summed E-state index contributed by atoms with van der Waals surface area (Å²) < 4.78 is 0. The number of hydrogen-bond donors (Lipinski definition) is 3. The lowest BCUT2D eigenvalue weighted by Crippen LogP contribution is -2.43. The van der Waals surface area contributed by atoms with Crippen LogP contribution in [0.1, 0.15) is 40.5 Å². The van der Waals surface area contributed by atoms with Crippen molar-refractivity contribution in [2.24, 2.45) is 10.9 Å². The SMILES string of the molecule is CCNC(=NCCN1C(=O)CNC1=O)NC(C)CCC(C)C.I. The van der Waals surface area contributed by atoms with E-state index in [1.54, 1.807) is 0 Å². The summed E-state index contributed by atoms with van der Waals surface area (Å²) in [4.78, 5) is 28.5. The van der Waals surface area contributed by atoms with Crippen LogP contribution in [0.2, 0.25) is 0 Å². The van der Waals surface area contributed by atoms with Crippen molar-refractivity contribution in [1.29, 1.82) is 0 Å². The van der Waals surface area contributed by atoms with Crippen LogP contribution in [0, 0.1) is 5.92 Å². The average molecular weight is 439 g/mol. The lowest BCUT2D eigenvalue weighted by Gasteiger charge is -2.19. The first kappa shape index (κ1) is 21.9. The van der Waals surface area contributed by atoms with E-state index in [1.165, 1.54) is 4.90 Å². The predicted molar refractivity (Wildman–Crippen MR) is 103 cm³/mol. The molecule has 1 aliphatic rings. The number of guanidine groups is 1. The normalized spacial score (nSPS) is 16.2. The van der Waals surface area contributed by atoms with E-state index in [-0.39, 0.29) is 42.5 Å². The molecule has 23 heavy (non-hydrogen) atoms. The Morgan fingerprint density at radius 3 is 2.52 bits per heavy atom. The number of hydrogen-bond acceptors (Lipinski definition) is 3. The summed E-state index contributed by atoms with van der Waals surface area (Å²) in [5.74, 6) is 1.22. The van der Waals surface area contributed by atoms with E-state index in [9.17, 15) is 9.59 Å². The summed E-state index contributed by atoms with van der Waals surface area (Å²) in [5.41, 5.74) is 0. The van der Waals surface area contributed by atoms with Gasteiger partial charge in [-0.2, -0.15) is 0 Å². The van der Waals surface area contributed by atoms with Crippen molar-refractivity contribution in [1.82, 2.24) is 20.9 Å². The van der Waals surface area contributed by atoms with Gasteiger partial charge in [-0.1, -0.05) is 13.8 Å². The van der Waals surface area contributed by atoms with Crippen molar-refractivity contribution in [3.63, 3.8) is 0 Å². The monoisotopic (exact) mass is 439 g/mol. The molecule has 0 spiro atoms. The highest BCUT2D eigenvalue weighted by Crippen LogP contribution is 2.06. The average Bonchev–Trinajstić information content (AvgIpc) is 2.77. The van der Waals surface area contributed by atoms with Crippen LogP contribution in [0.15, 0.2) is 4.99 Å². The zero-order valence-electron chi connectivity index (χ0n) is 14.5. The Labute approximate surface area is 156 Å². The molecular weight excluding hydrogens is 409 g/mol. The molecule has 8 heteroatoms. The van der Waals surface area contributed by atoms with E-state index < -0.39 is 0 Å². The molecule has 1 fully saturated rings. The number of urea groups is 1. The molecule has 0 saturated carbocycles. The minimum absolute atomic E-state index is 0. The summed E-state index contributed by atoms with van der Waals surface area (Å²) in [6, 6.07) is 0.000351. The van der Waals surface area contributed by atoms with Gasteiger partial charge in [0.2, 0.25) is 5.91 Å². The molecule has 0 bridgehead atoms. The third kappa shape index (κ3) is 8.38. The molecule has 3 amide bonds. The molecule has 0 radical (unpaired) electrons. The summed E-state index contributed by atoms with van der Waals surface area (Å²) in [7, 11) is 0. The van der Waals surface area contributed by atoms with Crippen molar-refractivity contribution < 1.29 is 9.59 Å². The van der Waals surface area contributed by atoms with E-state index in [0.29, 0.717) is 25.0 Å². The van der Waals surface area contributed by atoms with Crippen molar-refractivity contribution >= 4 is 41.9 Å². The highest BCUT2D eigenvalue weighted by Gasteiger charge is 2.27. The molecule has 1 heterocycles. The number of rotatable bonds is 8. The summed E-state index contributed by atoms with van der Waals surface area (Å²) in [6.07, 6.45) is 2.24. The topological polar surface area (TPSA) is 85.8 Å². The number of nitrogens with one attached hydrogen (secondary N) is 3. The molecule has 1 atom stereocenters. The number of halogens is 1. The van der Waals surface area contributed by atoms with Crippen LogP contribution in [0.4, 0.5) is 4.79 Å². The van der Waals surface area contributed by atoms with Crippen molar-refractivity contribution in [3.8, 4) is 0 Å². The second-order valence-electron chi connectivity index (χ2n) is 5.98. The second kappa shape index (κ2) is 11.5. The van der Waals surface area contributed by atoms with Crippen molar-refractivity contribution in [3.05, 3.63) is 0 Å². The highest BCUT2D eigenvalue weighted by molar-refractivity contribution is 14.0. The third-order valence-corrected chi connectivity index (χ3v) is 3.43. The fourth-order valence-electron chi connectivity index (χ4n) is 2.15. The van der Waals surface area contributed by atoms with Crippen molar-refractivity contribution in [2.75, 3.05) is 26.2 Å². The largest absolute Gasteiger partial charge is 0.357 e. The fraction of sp³-hybridized carbons (Fsp3) is 0.800. The van der Waals surface area contributed by atoms with E-state index in [4.69, 9.17) is 0 Å². The minimum atomic E-state index is -0.330. The van der Waals surface area contributed by atoms with E-state index in [1.807, 2.05) is 6.92 Å². The molecular formula is C15H30IN5O2. The number of aliphatic imine (C=N–C) groups is 1. The van der Waals surface area contributed by atoms with Crippen LogP contribution in [0.25, 0.3) is 0 Å². The number of carbonyl (C=O) groups excluding carboxylic acids is 2. The maximum absolute atomic E-state index is 11.5. The lowest BCUT2D eigenvalue weighted by molar-refractivity contribution is -0.124. The minimum Gasteiger partial charge on any atom is -0.357 e. The maximum Gasteiger partial charge on any atom is 0.324 e. The Hall–Kier alpha value is -1.06. The highest BCUT2D eigenvalue weighted by atomic mass is 127. The van der Waals surface area contributed by atoms with Gasteiger partial charge in [0.1, 0.15) is 0 Å². The second-order valence-corrected chi connectivity index (χ2v) is 5.98. The lowest BCUT2D eigenvalue weighted by atomic mass is 10.0. The van der Waals surface area contributed by atoms with Gasteiger partial charge in [-0.05, 0) is 32.6 Å². The summed E-state index contributed by atoms with van der Waals surface area (Å²) in [5, 5.41) is 9.04. The number of carbonyl (C=O) groups is 2. The van der Waals surface area contributed by atoms with Gasteiger partial charge in [0.15, 0.2) is 5.96 Å². The molecule has 1 unspecified atom stereocenters. The Balaban J connectivity index is 0.00000484. The first-order chi connectivity index (χ1) is 10.4. The maximum atomic E-state index is 11.5. The van der Waals surface area contributed by atoms with E-state index in [0.717, 1.165) is 25.3 Å². The molecule has 0 aromatic rings. The van der Waals surface area contributed by atoms with Crippen LogP contribution in [-0.4, -0.2) is 55.0 Å². The van der Waals surface area contributed by atoms with E-state index in [2.05, 4.69) is 41.7 Å². The third-order valence-electron chi connectivity index (χ3n) is 3.43. The number of amides is 3. The van der Waals surface area contributed by atoms with Crippen LogP contribution >= 0.6 is 24.0 Å². The molecule has 0 aromatic heterocycles. The predicted octanol–water partition coefficient (Wildman–Crippen LogP) is 1.54. The summed E-state index contributed by atoms with van der Waals surface area (Å²) in [6.45, 7) is 10.1. The quantitative estimate of drug-likeness (QED) is 0.232.